The second-order valence-corrected chi connectivity index (χ2v) is 5.86. The van der Waals surface area contributed by atoms with Crippen LogP contribution in [0.2, 0.25) is 0 Å². The topological polar surface area (TPSA) is 89.3 Å². The quantitative estimate of drug-likeness (QED) is 0.779. The maximum atomic E-state index is 13.4. The number of carbonyl (C=O) groups excluding carboxylic acids is 1. The smallest absolute Gasteiger partial charge is 0.251 e. The van der Waals surface area contributed by atoms with Gasteiger partial charge in [0.15, 0.2) is 0 Å². The number of amides is 1. The summed E-state index contributed by atoms with van der Waals surface area (Å²) < 4.78 is 51.6. The lowest BCUT2D eigenvalue weighted by Gasteiger charge is -2.10. The van der Waals surface area contributed by atoms with Gasteiger partial charge in [0.25, 0.3) is 5.91 Å². The molecule has 0 spiro atoms. The minimum atomic E-state index is -3.82. The predicted molar refractivity (Wildman–Crippen MR) is 67.6 cm³/mol. The van der Waals surface area contributed by atoms with Crippen molar-refractivity contribution in [1.82, 2.24) is 0 Å². The normalized spacial score (nSPS) is 11.3. The van der Waals surface area contributed by atoms with Crippen LogP contribution in [-0.2, 0) is 10.0 Å². The highest BCUT2D eigenvalue weighted by atomic mass is 35.5. The van der Waals surface area contributed by atoms with Crippen LogP contribution in [0.25, 0.3) is 0 Å². The Morgan fingerprint density at radius 2 is 1.95 bits per heavy atom. The molecule has 1 aromatic rings. The van der Waals surface area contributed by atoms with Crippen LogP contribution in [0.1, 0.15) is 16.8 Å². The zero-order chi connectivity index (χ0) is 14.6. The SMILES string of the molecule is NC(=O)c1cc(NS(=O)(=O)CCCCl)c(F)cc1F. The first-order valence-corrected chi connectivity index (χ1v) is 7.31. The van der Waals surface area contributed by atoms with E-state index in [2.05, 4.69) is 0 Å². The van der Waals surface area contributed by atoms with Gasteiger partial charge < -0.3 is 5.73 Å². The number of anilines is 1. The second-order valence-electron chi connectivity index (χ2n) is 3.64. The number of hydrogen-bond donors (Lipinski definition) is 2. The Bertz CT molecular complexity index is 593. The van der Waals surface area contributed by atoms with Crippen LogP contribution in [0, 0.1) is 11.6 Å². The average molecular weight is 313 g/mol. The van der Waals surface area contributed by atoms with E-state index in [-0.39, 0.29) is 18.1 Å². The highest BCUT2D eigenvalue weighted by molar-refractivity contribution is 7.92. The molecule has 9 heteroatoms. The molecule has 3 N–H and O–H groups in total. The monoisotopic (exact) mass is 312 g/mol. The second kappa shape index (κ2) is 6.16. The van der Waals surface area contributed by atoms with Gasteiger partial charge in [-0.1, -0.05) is 0 Å². The lowest BCUT2D eigenvalue weighted by Crippen LogP contribution is -2.19. The third-order valence-corrected chi connectivity index (χ3v) is 3.76. The number of halogens is 3. The van der Waals surface area contributed by atoms with E-state index in [1.54, 1.807) is 0 Å². The Labute approximate surface area is 113 Å². The van der Waals surface area contributed by atoms with Gasteiger partial charge in [0, 0.05) is 11.9 Å². The van der Waals surface area contributed by atoms with Gasteiger partial charge in [0.1, 0.15) is 11.6 Å². The number of carbonyl (C=O) groups is 1. The molecule has 0 aliphatic rings. The molecule has 19 heavy (non-hydrogen) atoms. The first kappa shape index (κ1) is 15.6. The van der Waals surface area contributed by atoms with Crippen molar-refractivity contribution >= 4 is 33.2 Å². The van der Waals surface area contributed by atoms with Crippen LogP contribution in [0.15, 0.2) is 12.1 Å². The van der Waals surface area contributed by atoms with E-state index in [1.807, 2.05) is 4.72 Å². The number of nitrogens with two attached hydrogens (primary N) is 1. The highest BCUT2D eigenvalue weighted by Gasteiger charge is 2.17. The summed E-state index contributed by atoms with van der Waals surface area (Å²) in [5, 5.41) is 0. The average Bonchev–Trinajstić information content (AvgIpc) is 2.29. The molecule has 0 saturated heterocycles. The molecule has 0 heterocycles. The zero-order valence-corrected chi connectivity index (χ0v) is 11.2. The van der Waals surface area contributed by atoms with Gasteiger partial charge in [0.2, 0.25) is 10.0 Å². The predicted octanol–water partition coefficient (Wildman–Crippen LogP) is 1.43. The highest BCUT2D eigenvalue weighted by Crippen LogP contribution is 2.20. The molecule has 0 atom stereocenters. The number of hydrogen-bond acceptors (Lipinski definition) is 3. The molecule has 0 radical (unpaired) electrons. The maximum absolute atomic E-state index is 13.4. The summed E-state index contributed by atoms with van der Waals surface area (Å²) in [6, 6.07) is 1.10. The lowest BCUT2D eigenvalue weighted by atomic mass is 10.2. The number of rotatable bonds is 6. The molecule has 0 bridgehead atoms. The third kappa shape index (κ3) is 4.32. The van der Waals surface area contributed by atoms with Gasteiger partial charge in [-0.25, -0.2) is 17.2 Å². The standard InChI is InChI=1S/C10H11ClF2N2O3S/c11-2-1-3-19(17,18)15-9-4-6(10(14)16)7(12)5-8(9)13/h4-5,15H,1-3H2,(H2,14,16). The van der Waals surface area contributed by atoms with Crippen LogP contribution in [-0.4, -0.2) is 26.0 Å². The molecular formula is C10H11ClF2N2O3S. The molecule has 1 amide bonds. The lowest BCUT2D eigenvalue weighted by molar-refractivity contribution is 0.0996. The maximum Gasteiger partial charge on any atom is 0.251 e. The summed E-state index contributed by atoms with van der Waals surface area (Å²) in [5.74, 6) is -3.62. The van der Waals surface area contributed by atoms with Crippen LogP contribution in [0.5, 0.6) is 0 Å². The van der Waals surface area contributed by atoms with Crippen LogP contribution >= 0.6 is 11.6 Å². The van der Waals surface area contributed by atoms with Gasteiger partial charge in [-0.3, -0.25) is 9.52 Å². The first-order valence-electron chi connectivity index (χ1n) is 5.12. The molecule has 0 unspecified atom stereocenters. The van der Waals surface area contributed by atoms with Crippen molar-refractivity contribution in [3.8, 4) is 0 Å². The van der Waals surface area contributed by atoms with E-state index in [0.717, 1.165) is 0 Å². The first-order chi connectivity index (χ1) is 8.76. The van der Waals surface area contributed by atoms with E-state index in [4.69, 9.17) is 17.3 Å². The summed E-state index contributed by atoms with van der Waals surface area (Å²) in [7, 11) is -3.82. The molecular weight excluding hydrogens is 302 g/mol. The van der Waals surface area contributed by atoms with Crippen molar-refractivity contribution in [3.05, 3.63) is 29.3 Å². The van der Waals surface area contributed by atoms with Gasteiger partial charge in [-0.05, 0) is 12.5 Å². The largest absolute Gasteiger partial charge is 0.366 e. The van der Waals surface area contributed by atoms with Gasteiger partial charge in [-0.2, -0.15) is 0 Å². The molecule has 1 rings (SSSR count). The van der Waals surface area contributed by atoms with Gasteiger partial charge >= 0.3 is 0 Å². The van der Waals surface area contributed by atoms with Gasteiger partial charge in [0.05, 0.1) is 17.0 Å². The minimum Gasteiger partial charge on any atom is -0.366 e. The van der Waals surface area contributed by atoms with Crippen molar-refractivity contribution in [3.63, 3.8) is 0 Å². The van der Waals surface area contributed by atoms with Crippen molar-refractivity contribution in [2.24, 2.45) is 5.73 Å². The minimum absolute atomic E-state index is 0.124. The number of primary amides is 1. The summed E-state index contributed by atoms with van der Waals surface area (Å²) in [4.78, 5) is 10.9. The number of sulfonamides is 1. The number of benzene rings is 1. The van der Waals surface area contributed by atoms with Crippen molar-refractivity contribution < 1.29 is 22.0 Å². The van der Waals surface area contributed by atoms with E-state index < -0.39 is 38.8 Å². The van der Waals surface area contributed by atoms with Crippen LogP contribution in [0.3, 0.4) is 0 Å². The van der Waals surface area contributed by atoms with Crippen LogP contribution in [0.4, 0.5) is 14.5 Å². The molecule has 0 aromatic heterocycles. The fourth-order valence-corrected chi connectivity index (χ4v) is 2.69. The van der Waals surface area contributed by atoms with E-state index in [0.29, 0.717) is 12.1 Å². The Kier molecular flexibility index (Phi) is 5.07. The molecule has 5 nitrogen and oxygen atoms in total. The molecule has 0 aliphatic heterocycles. The molecule has 1 aromatic carbocycles. The van der Waals surface area contributed by atoms with E-state index in [9.17, 15) is 22.0 Å². The zero-order valence-electron chi connectivity index (χ0n) is 9.62. The van der Waals surface area contributed by atoms with E-state index >= 15 is 0 Å². The molecule has 0 saturated carbocycles. The Balaban J connectivity index is 3.08. The molecule has 0 fully saturated rings. The molecule has 0 aliphatic carbocycles. The Morgan fingerprint density at radius 1 is 1.32 bits per heavy atom. The number of alkyl halides is 1. The fourth-order valence-electron chi connectivity index (χ4n) is 1.28. The number of nitrogens with one attached hydrogen (secondary N) is 1. The summed E-state index contributed by atoms with van der Waals surface area (Å²) in [6.45, 7) is 0. The van der Waals surface area contributed by atoms with Crippen molar-refractivity contribution in [1.29, 1.82) is 0 Å². The van der Waals surface area contributed by atoms with Crippen LogP contribution < -0.4 is 10.5 Å². The third-order valence-electron chi connectivity index (χ3n) is 2.13. The Morgan fingerprint density at radius 3 is 2.47 bits per heavy atom. The van der Waals surface area contributed by atoms with Crippen molar-refractivity contribution in [2.45, 2.75) is 6.42 Å². The molecule has 106 valence electrons. The summed E-state index contributed by atoms with van der Waals surface area (Å²) in [6.07, 6.45) is 0.169. The summed E-state index contributed by atoms with van der Waals surface area (Å²) >= 11 is 5.35. The Hall–Kier alpha value is -1.41. The van der Waals surface area contributed by atoms with E-state index in [1.165, 1.54) is 0 Å². The fraction of sp³-hybridized carbons (Fsp3) is 0.300. The van der Waals surface area contributed by atoms with Gasteiger partial charge in [-0.15, -0.1) is 11.6 Å². The summed E-state index contributed by atoms with van der Waals surface area (Å²) in [5.41, 5.74) is 3.74. The van der Waals surface area contributed by atoms with Crippen molar-refractivity contribution in [2.75, 3.05) is 16.4 Å².